The molecule has 29 heavy (non-hydrogen) atoms. The zero-order chi connectivity index (χ0) is 20.4. The van der Waals surface area contributed by atoms with Crippen molar-refractivity contribution >= 4 is 45.6 Å². The van der Waals surface area contributed by atoms with Crippen LogP contribution in [0.4, 0.5) is 10.8 Å². The summed E-state index contributed by atoms with van der Waals surface area (Å²) in [4.78, 5) is 26.6. The molecule has 0 aliphatic carbocycles. The zero-order valence-corrected chi connectivity index (χ0v) is 17.3. The molecule has 6 nitrogen and oxygen atoms in total. The molecule has 1 aliphatic heterocycles. The molecule has 2 heterocycles. The topological polar surface area (TPSA) is 75.2 Å². The lowest BCUT2D eigenvalue weighted by Gasteiger charge is -2.16. The van der Waals surface area contributed by atoms with Gasteiger partial charge in [0, 0.05) is 35.2 Å². The van der Waals surface area contributed by atoms with Gasteiger partial charge in [0.1, 0.15) is 5.01 Å². The van der Waals surface area contributed by atoms with Crippen molar-refractivity contribution in [3.63, 3.8) is 0 Å². The fraction of sp³-hybridized carbons (Fsp3) is 0.238. The average molecular weight is 427 g/mol. The maximum atomic E-state index is 12.5. The van der Waals surface area contributed by atoms with E-state index in [0.29, 0.717) is 28.7 Å². The lowest BCUT2D eigenvalue weighted by molar-refractivity contribution is -0.117. The van der Waals surface area contributed by atoms with E-state index in [1.807, 2.05) is 24.3 Å². The minimum Gasteiger partial charge on any atom is -0.312 e. The minimum absolute atomic E-state index is 0.0352. The predicted molar refractivity (Wildman–Crippen MR) is 115 cm³/mol. The van der Waals surface area contributed by atoms with Gasteiger partial charge in [-0.3, -0.25) is 14.9 Å². The van der Waals surface area contributed by atoms with E-state index >= 15 is 0 Å². The maximum Gasteiger partial charge on any atom is 0.257 e. The molecular weight excluding hydrogens is 408 g/mol. The van der Waals surface area contributed by atoms with E-state index in [1.165, 1.54) is 16.9 Å². The lowest BCUT2D eigenvalue weighted by atomic mass is 10.1. The third-order valence-corrected chi connectivity index (χ3v) is 6.15. The summed E-state index contributed by atoms with van der Waals surface area (Å²) >= 11 is 7.15. The molecule has 0 radical (unpaired) electrons. The number of nitrogens with one attached hydrogen (secondary N) is 1. The molecular formula is C21H19ClN4O2S. The van der Waals surface area contributed by atoms with Gasteiger partial charge in [-0.15, -0.1) is 10.2 Å². The van der Waals surface area contributed by atoms with Crippen LogP contribution in [0, 0.1) is 0 Å². The van der Waals surface area contributed by atoms with Crippen LogP contribution < -0.4 is 10.2 Å². The maximum absolute atomic E-state index is 12.5. The zero-order valence-electron chi connectivity index (χ0n) is 15.8. The molecule has 8 heteroatoms. The van der Waals surface area contributed by atoms with Gasteiger partial charge in [0.2, 0.25) is 11.0 Å². The monoisotopic (exact) mass is 426 g/mol. The first-order valence-corrected chi connectivity index (χ1v) is 10.5. The number of amides is 2. The van der Waals surface area contributed by atoms with Crippen LogP contribution in [0.15, 0.2) is 48.5 Å². The van der Waals surface area contributed by atoms with Crippen molar-refractivity contribution in [2.45, 2.75) is 25.7 Å². The van der Waals surface area contributed by atoms with Gasteiger partial charge in [0.25, 0.3) is 5.91 Å². The summed E-state index contributed by atoms with van der Waals surface area (Å²) in [6, 6.07) is 14.7. The van der Waals surface area contributed by atoms with Crippen LogP contribution in [0.5, 0.6) is 0 Å². The van der Waals surface area contributed by atoms with E-state index < -0.39 is 0 Å². The number of anilines is 2. The Balaban J connectivity index is 1.43. The Morgan fingerprint density at radius 2 is 1.90 bits per heavy atom. The van der Waals surface area contributed by atoms with Crippen LogP contribution in [0.25, 0.3) is 0 Å². The first-order chi connectivity index (χ1) is 14.0. The first-order valence-electron chi connectivity index (χ1n) is 9.33. The van der Waals surface area contributed by atoms with Gasteiger partial charge in [-0.2, -0.15) is 0 Å². The Bertz CT molecular complexity index is 1030. The number of aryl methyl sites for hydroxylation is 1. The molecule has 4 rings (SSSR count). The highest BCUT2D eigenvalue weighted by Crippen LogP contribution is 2.34. The van der Waals surface area contributed by atoms with E-state index in [9.17, 15) is 9.59 Å². The van der Waals surface area contributed by atoms with Crippen LogP contribution >= 0.6 is 22.9 Å². The molecule has 1 saturated heterocycles. The lowest BCUT2D eigenvalue weighted by Crippen LogP contribution is -2.24. The highest BCUT2D eigenvalue weighted by atomic mass is 35.5. The van der Waals surface area contributed by atoms with Crippen molar-refractivity contribution < 1.29 is 9.59 Å². The molecule has 0 spiro atoms. The molecule has 0 saturated carbocycles. The highest BCUT2D eigenvalue weighted by Gasteiger charge is 2.34. The Labute approximate surface area is 177 Å². The van der Waals surface area contributed by atoms with Gasteiger partial charge in [-0.25, -0.2) is 0 Å². The quantitative estimate of drug-likeness (QED) is 0.650. The van der Waals surface area contributed by atoms with Crippen LogP contribution in [0.1, 0.15) is 40.2 Å². The number of halogens is 1. The summed E-state index contributed by atoms with van der Waals surface area (Å²) in [5.74, 6) is -0.238. The van der Waals surface area contributed by atoms with Crippen LogP contribution in [0.3, 0.4) is 0 Å². The molecule has 1 atom stereocenters. The van der Waals surface area contributed by atoms with Gasteiger partial charge < -0.3 is 4.90 Å². The second-order valence-electron chi connectivity index (χ2n) is 6.83. The van der Waals surface area contributed by atoms with Gasteiger partial charge in [-0.05, 0) is 48.4 Å². The second-order valence-corrected chi connectivity index (χ2v) is 8.28. The molecule has 0 unspecified atom stereocenters. The summed E-state index contributed by atoms with van der Waals surface area (Å²) in [5, 5.41) is 12.8. The number of nitrogens with zero attached hydrogens (tertiary/aromatic N) is 3. The molecule has 1 fully saturated rings. The molecule has 2 amide bonds. The number of rotatable bonds is 5. The van der Waals surface area contributed by atoms with Crippen molar-refractivity contribution in [2.24, 2.45) is 0 Å². The molecule has 2 aromatic carbocycles. The number of hydrogen-bond donors (Lipinski definition) is 1. The fourth-order valence-electron chi connectivity index (χ4n) is 3.25. The number of aromatic nitrogens is 2. The van der Waals surface area contributed by atoms with Gasteiger partial charge in [0.05, 0.1) is 0 Å². The molecule has 3 aromatic rings. The fourth-order valence-corrected chi connectivity index (χ4v) is 4.21. The van der Waals surface area contributed by atoms with Gasteiger partial charge in [-0.1, -0.05) is 42.0 Å². The van der Waals surface area contributed by atoms with E-state index in [2.05, 4.69) is 22.4 Å². The van der Waals surface area contributed by atoms with E-state index in [0.717, 1.165) is 17.1 Å². The Morgan fingerprint density at radius 1 is 1.17 bits per heavy atom. The van der Waals surface area contributed by atoms with Gasteiger partial charge in [0.15, 0.2) is 0 Å². The normalized spacial score (nSPS) is 16.3. The van der Waals surface area contributed by atoms with Crippen LogP contribution in [-0.4, -0.2) is 28.6 Å². The number of carbonyl (C=O) groups is 2. The smallest absolute Gasteiger partial charge is 0.257 e. The van der Waals surface area contributed by atoms with Crippen molar-refractivity contribution in [1.82, 2.24) is 10.2 Å². The van der Waals surface area contributed by atoms with Crippen molar-refractivity contribution in [3.05, 3.63) is 69.7 Å². The predicted octanol–water partition coefficient (Wildman–Crippen LogP) is 4.53. The number of hydrogen-bond acceptors (Lipinski definition) is 5. The van der Waals surface area contributed by atoms with Crippen molar-refractivity contribution in [1.29, 1.82) is 0 Å². The van der Waals surface area contributed by atoms with Crippen molar-refractivity contribution in [2.75, 3.05) is 16.8 Å². The molecule has 1 aromatic heterocycles. The summed E-state index contributed by atoms with van der Waals surface area (Å²) in [6.45, 7) is 2.66. The molecule has 1 N–H and O–H groups in total. The Morgan fingerprint density at radius 3 is 2.59 bits per heavy atom. The third kappa shape index (κ3) is 4.31. The largest absolute Gasteiger partial charge is 0.312 e. The highest BCUT2D eigenvalue weighted by molar-refractivity contribution is 7.15. The Kier molecular flexibility index (Phi) is 5.60. The molecule has 148 valence electrons. The Hall–Kier alpha value is -2.77. The van der Waals surface area contributed by atoms with Crippen LogP contribution in [0.2, 0.25) is 5.02 Å². The second kappa shape index (κ2) is 8.31. The van der Waals surface area contributed by atoms with E-state index in [1.54, 1.807) is 29.2 Å². The van der Waals surface area contributed by atoms with E-state index in [-0.39, 0.29) is 17.7 Å². The standard InChI is InChI=1S/C21H19ClN4O2S/c1-2-13-3-9-17(10-4-13)26-12-15(11-18(26)27)20-24-25-21(29-20)23-19(28)14-5-7-16(22)8-6-14/h3-10,15H,2,11-12H2,1H3,(H,23,25,28)/t15-/m1/s1. The van der Waals surface area contributed by atoms with Crippen molar-refractivity contribution in [3.8, 4) is 0 Å². The van der Waals surface area contributed by atoms with Gasteiger partial charge >= 0.3 is 0 Å². The SMILES string of the molecule is CCc1ccc(N2C[C@H](c3nnc(NC(=O)c4ccc(Cl)cc4)s3)CC2=O)cc1. The average Bonchev–Trinajstić information content (AvgIpc) is 3.35. The first kappa shape index (κ1) is 19.5. The third-order valence-electron chi connectivity index (χ3n) is 4.90. The van der Waals surface area contributed by atoms with Crippen LogP contribution in [-0.2, 0) is 11.2 Å². The number of carbonyl (C=O) groups excluding carboxylic acids is 2. The summed E-state index contributed by atoms with van der Waals surface area (Å²) in [7, 11) is 0. The summed E-state index contributed by atoms with van der Waals surface area (Å²) < 4.78 is 0. The molecule has 0 bridgehead atoms. The molecule has 1 aliphatic rings. The minimum atomic E-state index is -0.274. The number of benzene rings is 2. The summed E-state index contributed by atoms with van der Waals surface area (Å²) in [5.41, 5.74) is 2.63. The van der Waals surface area contributed by atoms with E-state index in [4.69, 9.17) is 11.6 Å². The summed E-state index contributed by atoms with van der Waals surface area (Å²) in [6.07, 6.45) is 1.35.